The molecular formula is C15H34IN5. The van der Waals surface area contributed by atoms with Crippen molar-refractivity contribution in [3.8, 4) is 0 Å². The number of hydrogen-bond acceptors (Lipinski definition) is 3. The van der Waals surface area contributed by atoms with Gasteiger partial charge in [-0.05, 0) is 39.8 Å². The third-order valence-electron chi connectivity index (χ3n) is 4.01. The van der Waals surface area contributed by atoms with Gasteiger partial charge < -0.3 is 20.4 Å². The fourth-order valence-corrected chi connectivity index (χ4v) is 2.27. The van der Waals surface area contributed by atoms with Gasteiger partial charge in [-0.25, -0.2) is 0 Å². The highest BCUT2D eigenvalue weighted by atomic mass is 127. The zero-order chi connectivity index (χ0) is 14.8. The molecule has 1 saturated heterocycles. The number of halogens is 1. The zero-order valence-electron chi connectivity index (χ0n) is 14.2. The van der Waals surface area contributed by atoms with Crippen LogP contribution in [0.4, 0.5) is 0 Å². The van der Waals surface area contributed by atoms with Crippen molar-refractivity contribution < 1.29 is 0 Å². The molecule has 2 N–H and O–H groups in total. The molecule has 1 aliphatic heterocycles. The van der Waals surface area contributed by atoms with Crippen molar-refractivity contribution in [2.24, 2.45) is 4.99 Å². The summed E-state index contributed by atoms with van der Waals surface area (Å²) in [6, 6.07) is 0.478. The number of rotatable bonds is 7. The number of nitrogens with zero attached hydrogens (tertiary/aromatic N) is 3. The van der Waals surface area contributed by atoms with E-state index >= 15 is 0 Å². The fraction of sp³-hybridized carbons (Fsp3) is 0.933. The molecule has 0 aliphatic carbocycles. The van der Waals surface area contributed by atoms with Crippen LogP contribution < -0.4 is 10.6 Å². The molecule has 1 fully saturated rings. The van der Waals surface area contributed by atoms with Gasteiger partial charge in [-0.3, -0.25) is 4.99 Å². The molecule has 5 nitrogen and oxygen atoms in total. The van der Waals surface area contributed by atoms with Crippen LogP contribution in [-0.4, -0.2) is 75.2 Å². The average Bonchev–Trinajstić information content (AvgIpc) is 2.47. The van der Waals surface area contributed by atoms with Crippen molar-refractivity contribution >= 4 is 29.9 Å². The molecule has 1 atom stereocenters. The summed E-state index contributed by atoms with van der Waals surface area (Å²) < 4.78 is 0. The molecule has 1 unspecified atom stereocenters. The van der Waals surface area contributed by atoms with Gasteiger partial charge in [-0.2, -0.15) is 0 Å². The van der Waals surface area contributed by atoms with Gasteiger partial charge in [-0.1, -0.05) is 6.92 Å². The zero-order valence-corrected chi connectivity index (χ0v) is 16.5. The van der Waals surface area contributed by atoms with Crippen LogP contribution in [-0.2, 0) is 0 Å². The highest BCUT2D eigenvalue weighted by Crippen LogP contribution is 2.01. The molecule has 21 heavy (non-hydrogen) atoms. The maximum absolute atomic E-state index is 4.25. The number of unbranched alkanes of at least 4 members (excludes halogenated alkanes) is 1. The summed E-state index contributed by atoms with van der Waals surface area (Å²) in [6.07, 6.45) is 3.58. The Balaban J connectivity index is 0.00000400. The number of hydrogen-bond donors (Lipinski definition) is 2. The lowest BCUT2D eigenvalue weighted by Gasteiger charge is -2.32. The van der Waals surface area contributed by atoms with Crippen molar-refractivity contribution in [2.75, 3.05) is 53.4 Å². The summed E-state index contributed by atoms with van der Waals surface area (Å²) in [5.74, 6) is 0.930. The lowest BCUT2D eigenvalue weighted by molar-refractivity contribution is 0.152. The second-order valence-electron chi connectivity index (χ2n) is 5.80. The molecule has 0 spiro atoms. The van der Waals surface area contributed by atoms with Gasteiger partial charge in [0, 0.05) is 45.8 Å². The van der Waals surface area contributed by atoms with E-state index in [-0.39, 0.29) is 24.0 Å². The van der Waals surface area contributed by atoms with Crippen LogP contribution in [0.2, 0.25) is 0 Å². The van der Waals surface area contributed by atoms with E-state index in [1.807, 2.05) is 7.05 Å². The molecule has 0 aromatic carbocycles. The third kappa shape index (κ3) is 9.52. The normalized spacial score (nSPS) is 19.0. The first-order chi connectivity index (χ1) is 9.65. The van der Waals surface area contributed by atoms with Gasteiger partial charge in [-0.15, -0.1) is 24.0 Å². The summed E-state index contributed by atoms with van der Waals surface area (Å²) in [5.41, 5.74) is 0. The lowest BCUT2D eigenvalue weighted by Crippen LogP contribution is -2.45. The third-order valence-corrected chi connectivity index (χ3v) is 4.01. The number of likely N-dealkylation sites (N-methyl/N-ethyl adjacent to an activating group) is 1. The summed E-state index contributed by atoms with van der Waals surface area (Å²) in [5, 5.41) is 6.78. The van der Waals surface area contributed by atoms with Crippen molar-refractivity contribution in [1.82, 2.24) is 20.4 Å². The summed E-state index contributed by atoms with van der Waals surface area (Å²) in [6.45, 7) is 11.5. The van der Waals surface area contributed by atoms with E-state index in [9.17, 15) is 0 Å². The lowest BCUT2D eigenvalue weighted by atomic mass is 10.2. The van der Waals surface area contributed by atoms with E-state index in [4.69, 9.17) is 0 Å². The van der Waals surface area contributed by atoms with E-state index in [1.54, 1.807) is 0 Å². The highest BCUT2D eigenvalue weighted by Gasteiger charge is 2.12. The fourth-order valence-electron chi connectivity index (χ4n) is 2.27. The molecule has 0 aromatic rings. The Morgan fingerprint density at radius 1 is 1.19 bits per heavy atom. The second-order valence-corrected chi connectivity index (χ2v) is 5.80. The highest BCUT2D eigenvalue weighted by molar-refractivity contribution is 14.0. The Morgan fingerprint density at radius 3 is 2.43 bits per heavy atom. The Kier molecular flexibility index (Phi) is 12.4. The molecule has 0 bridgehead atoms. The van der Waals surface area contributed by atoms with E-state index in [1.165, 1.54) is 45.6 Å². The number of guanidine groups is 1. The minimum absolute atomic E-state index is 0. The minimum atomic E-state index is 0. The molecule has 0 aromatic heterocycles. The average molecular weight is 411 g/mol. The summed E-state index contributed by atoms with van der Waals surface area (Å²) >= 11 is 0. The van der Waals surface area contributed by atoms with Crippen LogP contribution in [0.5, 0.6) is 0 Å². The Morgan fingerprint density at radius 2 is 1.86 bits per heavy atom. The minimum Gasteiger partial charge on any atom is -0.356 e. The molecule has 1 aliphatic rings. The van der Waals surface area contributed by atoms with Crippen LogP contribution in [0.25, 0.3) is 0 Å². The van der Waals surface area contributed by atoms with Crippen LogP contribution >= 0.6 is 24.0 Å². The summed E-state index contributed by atoms with van der Waals surface area (Å²) in [7, 11) is 4.04. The van der Waals surface area contributed by atoms with Gasteiger partial charge in [0.2, 0.25) is 0 Å². The number of piperazine rings is 1. The predicted molar refractivity (Wildman–Crippen MR) is 103 cm³/mol. The van der Waals surface area contributed by atoms with Gasteiger partial charge >= 0.3 is 0 Å². The first-order valence-electron chi connectivity index (χ1n) is 8.03. The van der Waals surface area contributed by atoms with Crippen molar-refractivity contribution in [1.29, 1.82) is 0 Å². The molecule has 6 heteroatoms. The maximum atomic E-state index is 4.25. The molecule has 1 heterocycles. The van der Waals surface area contributed by atoms with Crippen molar-refractivity contribution in [3.05, 3.63) is 0 Å². The molecule has 0 radical (unpaired) electrons. The SMILES string of the molecule is CCC(C)NC(=NC)NCCCCN1CCN(C)CC1.I. The standard InChI is InChI=1S/C15H33N5.HI/c1-5-14(2)18-15(16-3)17-8-6-7-9-20-12-10-19(4)11-13-20;/h14H,5-13H2,1-4H3,(H2,16,17,18);1H. The van der Waals surface area contributed by atoms with Gasteiger partial charge in [0.05, 0.1) is 0 Å². The van der Waals surface area contributed by atoms with E-state index in [0.29, 0.717) is 6.04 Å². The van der Waals surface area contributed by atoms with E-state index < -0.39 is 0 Å². The first kappa shape index (κ1) is 20.9. The second kappa shape index (κ2) is 12.5. The molecule has 1 rings (SSSR count). The van der Waals surface area contributed by atoms with Gasteiger partial charge in [0.25, 0.3) is 0 Å². The first-order valence-corrected chi connectivity index (χ1v) is 8.03. The predicted octanol–water partition coefficient (Wildman–Crippen LogP) is 1.60. The quantitative estimate of drug-likeness (QED) is 0.289. The topological polar surface area (TPSA) is 42.9 Å². The Labute approximate surface area is 148 Å². The number of nitrogens with one attached hydrogen (secondary N) is 2. The smallest absolute Gasteiger partial charge is 0.191 e. The van der Waals surface area contributed by atoms with Crippen molar-refractivity contribution in [2.45, 2.75) is 39.2 Å². The van der Waals surface area contributed by atoms with Crippen LogP contribution in [0.1, 0.15) is 33.1 Å². The van der Waals surface area contributed by atoms with Crippen LogP contribution in [0.15, 0.2) is 4.99 Å². The molecule has 0 amide bonds. The number of aliphatic imine (C=N–C) groups is 1. The maximum Gasteiger partial charge on any atom is 0.191 e. The Bertz CT molecular complexity index is 277. The van der Waals surface area contributed by atoms with Crippen LogP contribution in [0, 0.1) is 0 Å². The largest absolute Gasteiger partial charge is 0.356 e. The van der Waals surface area contributed by atoms with Crippen molar-refractivity contribution in [3.63, 3.8) is 0 Å². The van der Waals surface area contributed by atoms with E-state index in [2.05, 4.69) is 46.3 Å². The van der Waals surface area contributed by atoms with Gasteiger partial charge in [0.15, 0.2) is 5.96 Å². The van der Waals surface area contributed by atoms with Crippen LogP contribution in [0.3, 0.4) is 0 Å². The molecule has 0 saturated carbocycles. The Hall–Kier alpha value is -0.0800. The monoisotopic (exact) mass is 411 g/mol. The van der Waals surface area contributed by atoms with Gasteiger partial charge in [0.1, 0.15) is 0 Å². The molecule has 126 valence electrons. The van der Waals surface area contributed by atoms with E-state index in [0.717, 1.165) is 18.9 Å². The summed E-state index contributed by atoms with van der Waals surface area (Å²) in [4.78, 5) is 9.23. The molecular weight excluding hydrogens is 377 g/mol.